The van der Waals surface area contributed by atoms with E-state index in [1.807, 2.05) is 0 Å². The number of nitrogens with one attached hydrogen (secondary N) is 1. The van der Waals surface area contributed by atoms with Crippen LogP contribution in [-0.2, 0) is 0 Å². The first-order chi connectivity index (χ1) is 7.43. The van der Waals surface area contributed by atoms with Crippen molar-refractivity contribution in [2.75, 3.05) is 13.1 Å². The van der Waals surface area contributed by atoms with E-state index in [0.29, 0.717) is 12.0 Å². The molecule has 1 saturated carbocycles. The fourth-order valence-electron chi connectivity index (χ4n) is 2.43. The summed E-state index contributed by atoms with van der Waals surface area (Å²) in [7, 11) is 0. The second-order valence-electron chi connectivity index (χ2n) is 4.73. The summed E-state index contributed by atoms with van der Waals surface area (Å²) < 4.78 is 2.09. The zero-order chi connectivity index (χ0) is 10.1. The van der Waals surface area contributed by atoms with Gasteiger partial charge in [-0.1, -0.05) is 11.6 Å². The number of aromatic nitrogens is 3. The Morgan fingerprint density at radius 1 is 1.20 bits per heavy atom. The normalized spacial score (nSPS) is 24.0. The van der Waals surface area contributed by atoms with E-state index in [-0.39, 0.29) is 0 Å². The average molecular weight is 206 g/mol. The Morgan fingerprint density at radius 3 is 2.67 bits per heavy atom. The van der Waals surface area contributed by atoms with Gasteiger partial charge in [0.15, 0.2) is 0 Å². The maximum absolute atomic E-state index is 4.31. The first-order valence-electron chi connectivity index (χ1n) is 6.06. The first-order valence-corrected chi connectivity index (χ1v) is 6.06. The lowest BCUT2D eigenvalue weighted by molar-refractivity contribution is 0.337. The van der Waals surface area contributed by atoms with Gasteiger partial charge in [0.05, 0.1) is 11.7 Å². The molecule has 0 unspecified atom stereocenters. The molecule has 4 heteroatoms. The topological polar surface area (TPSA) is 42.7 Å². The van der Waals surface area contributed by atoms with E-state index in [0.717, 1.165) is 13.1 Å². The van der Waals surface area contributed by atoms with Gasteiger partial charge in [0, 0.05) is 12.1 Å². The molecule has 0 amide bonds. The van der Waals surface area contributed by atoms with Gasteiger partial charge in [-0.05, 0) is 38.8 Å². The van der Waals surface area contributed by atoms with E-state index < -0.39 is 0 Å². The minimum Gasteiger partial charge on any atom is -0.317 e. The van der Waals surface area contributed by atoms with Crippen LogP contribution in [0.5, 0.6) is 0 Å². The lowest BCUT2D eigenvalue weighted by atomic mass is 9.83. The molecule has 1 N–H and O–H groups in total. The Morgan fingerprint density at radius 2 is 2.00 bits per heavy atom. The van der Waals surface area contributed by atoms with E-state index in [1.165, 1.54) is 37.8 Å². The van der Waals surface area contributed by atoms with Gasteiger partial charge in [0.25, 0.3) is 0 Å². The Hall–Kier alpha value is -0.900. The van der Waals surface area contributed by atoms with E-state index in [2.05, 4.69) is 26.5 Å². The summed E-state index contributed by atoms with van der Waals surface area (Å²) in [5, 5.41) is 12.0. The van der Waals surface area contributed by atoms with Crippen LogP contribution in [0.15, 0.2) is 6.20 Å². The maximum Gasteiger partial charge on any atom is 0.0858 e. The SMILES string of the molecule is c1c(C2CCC2)nnn1C1CCNCC1. The predicted octanol–water partition coefficient (Wildman–Crippen LogP) is 1.47. The van der Waals surface area contributed by atoms with Crippen molar-refractivity contribution in [3.05, 3.63) is 11.9 Å². The molecule has 0 atom stereocenters. The average Bonchev–Trinajstić information content (AvgIpc) is 2.66. The van der Waals surface area contributed by atoms with E-state index in [9.17, 15) is 0 Å². The summed E-state index contributed by atoms with van der Waals surface area (Å²) in [5.74, 6) is 0.709. The van der Waals surface area contributed by atoms with Crippen molar-refractivity contribution < 1.29 is 0 Å². The van der Waals surface area contributed by atoms with Gasteiger partial charge in [-0.3, -0.25) is 0 Å². The molecule has 4 nitrogen and oxygen atoms in total. The Bertz CT molecular complexity index is 323. The number of nitrogens with zero attached hydrogens (tertiary/aromatic N) is 3. The van der Waals surface area contributed by atoms with Crippen LogP contribution in [0.3, 0.4) is 0 Å². The van der Waals surface area contributed by atoms with Gasteiger partial charge in [0.1, 0.15) is 0 Å². The van der Waals surface area contributed by atoms with E-state index >= 15 is 0 Å². The standard InChI is InChI=1S/C11H18N4/c1-2-9(3-1)11-8-15(14-13-11)10-4-6-12-7-5-10/h8-10,12H,1-7H2. The van der Waals surface area contributed by atoms with Gasteiger partial charge in [-0.15, -0.1) is 5.10 Å². The number of rotatable bonds is 2. The number of hydrogen-bond acceptors (Lipinski definition) is 3. The Balaban J connectivity index is 1.71. The first kappa shape index (κ1) is 9.33. The molecule has 2 aliphatic rings. The molecule has 1 aliphatic carbocycles. The van der Waals surface area contributed by atoms with Gasteiger partial charge >= 0.3 is 0 Å². The second kappa shape index (κ2) is 3.93. The smallest absolute Gasteiger partial charge is 0.0858 e. The molecular formula is C11H18N4. The van der Waals surface area contributed by atoms with Crippen molar-refractivity contribution >= 4 is 0 Å². The summed E-state index contributed by atoms with van der Waals surface area (Å²) in [4.78, 5) is 0. The Labute approximate surface area is 90.0 Å². The summed E-state index contributed by atoms with van der Waals surface area (Å²) in [5.41, 5.74) is 1.22. The van der Waals surface area contributed by atoms with Crippen LogP contribution in [0.1, 0.15) is 49.8 Å². The van der Waals surface area contributed by atoms with Crippen LogP contribution in [0.4, 0.5) is 0 Å². The summed E-state index contributed by atoms with van der Waals surface area (Å²) in [6.45, 7) is 2.23. The lowest BCUT2D eigenvalue weighted by Gasteiger charge is -2.23. The zero-order valence-corrected chi connectivity index (χ0v) is 9.02. The van der Waals surface area contributed by atoms with Gasteiger partial charge in [-0.25, -0.2) is 4.68 Å². The molecule has 15 heavy (non-hydrogen) atoms. The van der Waals surface area contributed by atoms with E-state index in [4.69, 9.17) is 0 Å². The maximum atomic E-state index is 4.31. The van der Waals surface area contributed by atoms with Crippen molar-refractivity contribution in [3.8, 4) is 0 Å². The highest BCUT2D eigenvalue weighted by atomic mass is 15.4. The molecule has 2 heterocycles. The molecule has 1 aromatic heterocycles. The number of hydrogen-bond donors (Lipinski definition) is 1. The third-order valence-corrected chi connectivity index (χ3v) is 3.73. The fourth-order valence-corrected chi connectivity index (χ4v) is 2.43. The molecule has 0 spiro atoms. The highest BCUT2D eigenvalue weighted by molar-refractivity contribution is 5.06. The molecule has 82 valence electrons. The molecule has 0 radical (unpaired) electrons. The third-order valence-electron chi connectivity index (χ3n) is 3.73. The lowest BCUT2D eigenvalue weighted by Crippen LogP contribution is -2.29. The summed E-state index contributed by atoms with van der Waals surface area (Å²) >= 11 is 0. The van der Waals surface area contributed by atoms with Gasteiger partial charge in [0.2, 0.25) is 0 Å². The van der Waals surface area contributed by atoms with Crippen LogP contribution < -0.4 is 5.32 Å². The monoisotopic (exact) mass is 206 g/mol. The highest BCUT2D eigenvalue weighted by Crippen LogP contribution is 2.35. The van der Waals surface area contributed by atoms with Crippen LogP contribution in [0.2, 0.25) is 0 Å². The second-order valence-corrected chi connectivity index (χ2v) is 4.73. The van der Waals surface area contributed by atoms with Crippen molar-refractivity contribution in [2.45, 2.75) is 44.1 Å². The Kier molecular flexibility index (Phi) is 2.44. The van der Waals surface area contributed by atoms with E-state index in [1.54, 1.807) is 0 Å². The van der Waals surface area contributed by atoms with Crippen LogP contribution >= 0.6 is 0 Å². The minimum absolute atomic E-state index is 0.576. The highest BCUT2D eigenvalue weighted by Gasteiger charge is 2.24. The van der Waals surface area contributed by atoms with Gasteiger partial charge < -0.3 is 5.32 Å². The molecular weight excluding hydrogens is 188 g/mol. The molecule has 1 saturated heterocycles. The minimum atomic E-state index is 0.576. The van der Waals surface area contributed by atoms with Crippen LogP contribution in [0.25, 0.3) is 0 Å². The van der Waals surface area contributed by atoms with Crippen molar-refractivity contribution in [3.63, 3.8) is 0 Å². The van der Waals surface area contributed by atoms with Crippen molar-refractivity contribution in [1.29, 1.82) is 0 Å². The molecule has 3 rings (SSSR count). The number of piperidine rings is 1. The fraction of sp³-hybridized carbons (Fsp3) is 0.818. The molecule has 1 aliphatic heterocycles. The van der Waals surface area contributed by atoms with Crippen LogP contribution in [-0.4, -0.2) is 28.1 Å². The van der Waals surface area contributed by atoms with Gasteiger partial charge in [-0.2, -0.15) is 0 Å². The quantitative estimate of drug-likeness (QED) is 0.796. The molecule has 0 bridgehead atoms. The molecule has 1 aromatic rings. The molecule has 0 aromatic carbocycles. The summed E-state index contributed by atoms with van der Waals surface area (Å²) in [6.07, 6.45) is 8.54. The van der Waals surface area contributed by atoms with Crippen molar-refractivity contribution in [1.82, 2.24) is 20.3 Å². The summed E-state index contributed by atoms with van der Waals surface area (Å²) in [6, 6.07) is 0.576. The largest absolute Gasteiger partial charge is 0.317 e. The molecule has 2 fully saturated rings. The van der Waals surface area contributed by atoms with Crippen molar-refractivity contribution in [2.24, 2.45) is 0 Å². The third kappa shape index (κ3) is 1.78. The zero-order valence-electron chi connectivity index (χ0n) is 9.02. The van der Waals surface area contributed by atoms with Crippen LogP contribution in [0, 0.1) is 0 Å². The predicted molar refractivity (Wildman–Crippen MR) is 57.8 cm³/mol.